The first-order valence-corrected chi connectivity index (χ1v) is 7.03. The number of nitrogens with two attached hydrogens (primary N) is 1. The van der Waals surface area contributed by atoms with Crippen LogP contribution in [0.25, 0.3) is 0 Å². The molecule has 2 rings (SSSR count). The molecule has 1 aromatic heterocycles. The van der Waals surface area contributed by atoms with Gasteiger partial charge in [0.15, 0.2) is 0 Å². The third kappa shape index (κ3) is 3.28. The molecule has 18 heavy (non-hydrogen) atoms. The number of nitrogens with one attached hydrogen (secondary N) is 1. The first-order chi connectivity index (χ1) is 8.56. The van der Waals surface area contributed by atoms with Crippen LogP contribution in [0.1, 0.15) is 5.56 Å². The molecule has 6 heteroatoms. The van der Waals surface area contributed by atoms with Crippen LogP contribution in [0.15, 0.2) is 45.5 Å². The summed E-state index contributed by atoms with van der Waals surface area (Å²) < 4.78 is 1.97. The summed E-state index contributed by atoms with van der Waals surface area (Å²) in [6.07, 6.45) is 1.65. The van der Waals surface area contributed by atoms with Gasteiger partial charge < -0.3 is 11.1 Å². The second-order valence-corrected chi connectivity index (χ2v) is 5.76. The molecular formula is C12H9Br2N3S. The second kappa shape index (κ2) is 5.77. The molecule has 2 aromatic rings. The van der Waals surface area contributed by atoms with E-state index < -0.39 is 0 Å². The van der Waals surface area contributed by atoms with Crippen molar-refractivity contribution >= 4 is 60.6 Å². The van der Waals surface area contributed by atoms with E-state index in [1.165, 1.54) is 0 Å². The molecule has 0 aliphatic heterocycles. The van der Waals surface area contributed by atoms with Crippen molar-refractivity contribution in [1.29, 1.82) is 0 Å². The molecule has 0 radical (unpaired) electrons. The Balaban J connectivity index is 2.21. The van der Waals surface area contributed by atoms with Crippen molar-refractivity contribution in [2.75, 3.05) is 5.32 Å². The summed E-state index contributed by atoms with van der Waals surface area (Å²) in [5, 5.41) is 3.20. The first kappa shape index (κ1) is 13.5. The van der Waals surface area contributed by atoms with Gasteiger partial charge in [-0.05, 0) is 46.3 Å². The van der Waals surface area contributed by atoms with E-state index in [-0.39, 0.29) is 0 Å². The Kier molecular flexibility index (Phi) is 4.31. The van der Waals surface area contributed by atoms with Crippen molar-refractivity contribution in [3.05, 3.63) is 51.0 Å². The number of halogens is 2. The molecule has 0 amide bonds. The van der Waals surface area contributed by atoms with Crippen LogP contribution in [0.2, 0.25) is 0 Å². The summed E-state index contributed by atoms with van der Waals surface area (Å²) in [7, 11) is 0. The molecule has 0 spiro atoms. The van der Waals surface area contributed by atoms with Gasteiger partial charge in [0.05, 0.1) is 5.69 Å². The Hall–Kier alpha value is -0.980. The topological polar surface area (TPSA) is 50.9 Å². The molecule has 0 saturated heterocycles. The number of anilines is 2. The molecule has 0 saturated carbocycles. The Morgan fingerprint density at radius 1 is 1.22 bits per heavy atom. The lowest BCUT2D eigenvalue weighted by molar-refractivity contribution is 1.29. The molecule has 92 valence electrons. The molecule has 0 atom stereocenters. The van der Waals surface area contributed by atoms with Gasteiger partial charge in [-0.15, -0.1) is 0 Å². The zero-order chi connectivity index (χ0) is 13.1. The summed E-state index contributed by atoms with van der Waals surface area (Å²) >= 11 is 11.8. The minimum atomic E-state index is 0.346. The Morgan fingerprint density at radius 2 is 2.00 bits per heavy atom. The van der Waals surface area contributed by atoms with E-state index in [0.717, 1.165) is 26.0 Å². The lowest BCUT2D eigenvalue weighted by Crippen LogP contribution is -2.09. The summed E-state index contributed by atoms with van der Waals surface area (Å²) in [6, 6.07) is 9.55. The fourth-order valence-electron chi connectivity index (χ4n) is 1.34. The molecule has 1 heterocycles. The van der Waals surface area contributed by atoms with E-state index in [2.05, 4.69) is 42.2 Å². The van der Waals surface area contributed by atoms with Crippen LogP contribution < -0.4 is 11.1 Å². The van der Waals surface area contributed by atoms with Gasteiger partial charge >= 0.3 is 0 Å². The number of hydrogen-bond donors (Lipinski definition) is 2. The van der Waals surface area contributed by atoms with E-state index in [9.17, 15) is 0 Å². The van der Waals surface area contributed by atoms with E-state index in [4.69, 9.17) is 18.0 Å². The van der Waals surface area contributed by atoms with Gasteiger partial charge in [0, 0.05) is 20.7 Å². The molecule has 0 bridgehead atoms. The van der Waals surface area contributed by atoms with Crippen LogP contribution >= 0.6 is 44.1 Å². The molecule has 3 N–H and O–H groups in total. The maximum Gasteiger partial charge on any atom is 0.130 e. The summed E-state index contributed by atoms with van der Waals surface area (Å²) in [5.74, 6) is 0.734. The van der Waals surface area contributed by atoms with Gasteiger partial charge in [-0.1, -0.05) is 28.1 Å². The average molecular weight is 387 g/mol. The monoisotopic (exact) mass is 385 g/mol. The minimum Gasteiger partial charge on any atom is -0.389 e. The zero-order valence-corrected chi connectivity index (χ0v) is 13.1. The molecule has 0 aliphatic rings. The van der Waals surface area contributed by atoms with E-state index >= 15 is 0 Å². The van der Waals surface area contributed by atoms with E-state index in [0.29, 0.717) is 4.99 Å². The Labute approximate surface area is 127 Å². The Morgan fingerprint density at radius 3 is 2.56 bits per heavy atom. The predicted octanol–water partition coefficient (Wildman–Crippen LogP) is 3.98. The van der Waals surface area contributed by atoms with Gasteiger partial charge in [0.1, 0.15) is 10.8 Å². The summed E-state index contributed by atoms with van der Waals surface area (Å²) in [6.45, 7) is 0. The molecule has 1 aromatic carbocycles. The summed E-state index contributed by atoms with van der Waals surface area (Å²) in [4.78, 5) is 4.59. The second-order valence-electron chi connectivity index (χ2n) is 3.55. The third-order valence-electron chi connectivity index (χ3n) is 2.24. The minimum absolute atomic E-state index is 0.346. The average Bonchev–Trinajstić information content (AvgIpc) is 2.33. The molecular weight excluding hydrogens is 378 g/mol. The first-order valence-electron chi connectivity index (χ1n) is 5.04. The number of rotatable bonds is 3. The maximum atomic E-state index is 5.52. The number of pyridine rings is 1. The van der Waals surface area contributed by atoms with Crippen molar-refractivity contribution in [2.24, 2.45) is 5.73 Å². The number of nitrogens with zero attached hydrogens (tertiary/aromatic N) is 1. The highest BCUT2D eigenvalue weighted by atomic mass is 79.9. The highest BCUT2D eigenvalue weighted by molar-refractivity contribution is 9.11. The van der Waals surface area contributed by atoms with E-state index in [1.807, 2.05) is 30.3 Å². The van der Waals surface area contributed by atoms with Gasteiger partial charge in [0.25, 0.3) is 0 Å². The number of aromatic nitrogens is 1. The smallest absolute Gasteiger partial charge is 0.130 e. The highest BCUT2D eigenvalue weighted by Crippen LogP contribution is 2.28. The fourth-order valence-corrected chi connectivity index (χ4v) is 2.61. The standard InChI is InChI=1S/C12H9Br2N3S/c13-8-2-3-10(9(14)5-8)17-11-4-1-7(6-16-11)12(15)18/h1-6H,(H2,15,18)(H,16,17). The van der Waals surface area contributed by atoms with Crippen molar-refractivity contribution in [2.45, 2.75) is 0 Å². The summed E-state index contributed by atoms with van der Waals surface area (Å²) in [5.41, 5.74) is 7.21. The largest absolute Gasteiger partial charge is 0.389 e. The van der Waals surface area contributed by atoms with Crippen LogP contribution in [-0.2, 0) is 0 Å². The maximum absolute atomic E-state index is 5.52. The quantitative estimate of drug-likeness (QED) is 0.783. The van der Waals surface area contributed by atoms with Crippen LogP contribution in [0.3, 0.4) is 0 Å². The van der Waals surface area contributed by atoms with Crippen molar-refractivity contribution in [3.8, 4) is 0 Å². The fraction of sp³-hybridized carbons (Fsp3) is 0. The lowest BCUT2D eigenvalue weighted by atomic mass is 10.3. The van der Waals surface area contributed by atoms with Gasteiger partial charge in [-0.2, -0.15) is 0 Å². The molecule has 0 fully saturated rings. The van der Waals surface area contributed by atoms with E-state index in [1.54, 1.807) is 6.20 Å². The molecule has 0 unspecified atom stereocenters. The molecule has 3 nitrogen and oxygen atoms in total. The zero-order valence-electron chi connectivity index (χ0n) is 9.15. The van der Waals surface area contributed by atoms with Gasteiger partial charge in [0.2, 0.25) is 0 Å². The van der Waals surface area contributed by atoms with Gasteiger partial charge in [-0.25, -0.2) is 4.98 Å². The van der Waals surface area contributed by atoms with Crippen LogP contribution in [0, 0.1) is 0 Å². The van der Waals surface area contributed by atoms with Crippen LogP contribution in [0.5, 0.6) is 0 Å². The molecule has 0 aliphatic carbocycles. The lowest BCUT2D eigenvalue weighted by Gasteiger charge is -2.08. The predicted molar refractivity (Wildman–Crippen MR) is 85.2 cm³/mol. The van der Waals surface area contributed by atoms with Crippen LogP contribution in [0.4, 0.5) is 11.5 Å². The van der Waals surface area contributed by atoms with Crippen molar-refractivity contribution in [1.82, 2.24) is 4.98 Å². The SMILES string of the molecule is NC(=S)c1ccc(Nc2ccc(Br)cc2Br)nc1. The van der Waals surface area contributed by atoms with Gasteiger partial charge in [-0.3, -0.25) is 0 Å². The number of thiocarbonyl (C=S) groups is 1. The third-order valence-corrected chi connectivity index (χ3v) is 3.63. The number of benzene rings is 1. The Bertz CT molecular complexity index is 584. The van der Waals surface area contributed by atoms with Crippen molar-refractivity contribution < 1.29 is 0 Å². The van der Waals surface area contributed by atoms with Crippen LogP contribution in [-0.4, -0.2) is 9.97 Å². The number of hydrogen-bond acceptors (Lipinski definition) is 3. The highest BCUT2D eigenvalue weighted by Gasteiger charge is 2.02. The van der Waals surface area contributed by atoms with Crippen molar-refractivity contribution in [3.63, 3.8) is 0 Å². The normalized spacial score (nSPS) is 10.1.